The number of halogens is 2. The molecule has 4 heavy (non-hydrogen) atoms. The summed E-state index contributed by atoms with van der Waals surface area (Å²) in [6.45, 7) is 0. The Morgan fingerprint density at radius 1 is 1.00 bits per heavy atom. The van der Waals surface area contributed by atoms with Gasteiger partial charge in [0.2, 0.25) is 0 Å². The Bertz CT molecular complexity index is 6.00. The number of hydrogen-bond donors (Lipinski definition) is 0. The van der Waals surface area contributed by atoms with E-state index in [-0.39, 0.29) is 34.0 Å². The first-order valence-corrected chi connectivity index (χ1v) is 0.612. The third-order valence-corrected chi connectivity index (χ3v) is 0. The Morgan fingerprint density at radius 2 is 1.00 bits per heavy atom. The van der Waals surface area contributed by atoms with E-state index in [1.165, 1.54) is 0 Å². The van der Waals surface area contributed by atoms with E-state index < -0.39 is 0 Å². The quantitative estimate of drug-likeness (QED) is 0.358. The summed E-state index contributed by atoms with van der Waals surface area (Å²) >= 11 is 0. The van der Waals surface area contributed by atoms with Gasteiger partial charge in [-0.15, -0.1) is 0 Å². The van der Waals surface area contributed by atoms with Gasteiger partial charge < -0.3 is 34.0 Å². The molecule has 0 atom stereocenters. The van der Waals surface area contributed by atoms with Crippen LogP contribution in [0.15, 0.2) is 0 Å². The van der Waals surface area contributed by atoms with Gasteiger partial charge in [-0.25, -0.2) is 0 Å². The number of hydrogen-bond acceptors (Lipinski definition) is 1. The van der Waals surface area contributed by atoms with Crippen LogP contribution in [0.4, 0.5) is 0 Å². The summed E-state index contributed by atoms with van der Waals surface area (Å²) in [4.78, 5) is 0. The van der Waals surface area contributed by atoms with Crippen LogP contribution in [-0.2, 0) is 4.46 Å². The molecule has 0 aromatic heterocycles. The van der Waals surface area contributed by atoms with Crippen LogP contribution in [-0.4, -0.2) is 10.1 Å². The molecule has 0 amide bonds. The standard InChI is InChI=1S/2BrH.OSi/c;;1-2/h2*1H;/q;;+2/p-2. The van der Waals surface area contributed by atoms with E-state index in [9.17, 15) is 0 Å². The smallest absolute Gasteiger partial charge is 1.00 e. The summed E-state index contributed by atoms with van der Waals surface area (Å²) in [5.41, 5.74) is 0. The van der Waals surface area contributed by atoms with Crippen LogP contribution < -0.4 is 34.0 Å². The van der Waals surface area contributed by atoms with E-state index in [0.29, 0.717) is 0 Å². The van der Waals surface area contributed by atoms with Gasteiger partial charge in [0.05, 0.1) is 0 Å². The monoisotopic (exact) mass is 202 g/mol. The zero-order valence-corrected chi connectivity index (χ0v) is 5.84. The molecule has 0 heterocycles. The molecule has 0 radical (unpaired) electrons. The van der Waals surface area contributed by atoms with E-state index in [0.717, 1.165) is 0 Å². The maximum absolute atomic E-state index is 8.06. The Hall–Kier alpha value is 0.977. The molecule has 24 valence electrons. The second kappa shape index (κ2) is 36.9. The fraction of sp³-hybridized carbons (Fsp3) is 0. The van der Waals surface area contributed by atoms with Crippen LogP contribution in [0.1, 0.15) is 0 Å². The first-order chi connectivity index (χ1) is 1.00. The van der Waals surface area contributed by atoms with Crippen molar-refractivity contribution in [2.45, 2.75) is 0 Å². The second-order valence-corrected chi connectivity index (χ2v) is 0. The molecule has 1 nitrogen and oxygen atoms in total. The molecular weight excluding hydrogens is 204 g/mol. The normalized spacial score (nSPS) is 1.50. The summed E-state index contributed by atoms with van der Waals surface area (Å²) in [5.74, 6) is 0. The third-order valence-electron chi connectivity index (χ3n) is 0. The van der Waals surface area contributed by atoms with E-state index in [1.54, 1.807) is 10.1 Å². The Labute approximate surface area is 48.8 Å². The van der Waals surface area contributed by atoms with E-state index >= 15 is 0 Å². The van der Waals surface area contributed by atoms with Crippen LogP contribution in [0, 0.1) is 0 Å². The van der Waals surface area contributed by atoms with Gasteiger partial charge >= 0.3 is 14.6 Å². The minimum absolute atomic E-state index is 0. The number of rotatable bonds is 0. The van der Waals surface area contributed by atoms with Gasteiger partial charge in [0.1, 0.15) is 0 Å². The van der Waals surface area contributed by atoms with Crippen LogP contribution in [0.25, 0.3) is 0 Å². The molecule has 0 unspecified atom stereocenters. The molecule has 0 aliphatic heterocycles. The molecule has 0 N–H and O–H groups in total. The van der Waals surface area contributed by atoms with Crippen molar-refractivity contribution in [1.82, 2.24) is 0 Å². The van der Waals surface area contributed by atoms with Crippen molar-refractivity contribution >= 4 is 10.1 Å². The van der Waals surface area contributed by atoms with Crippen LogP contribution in [0.5, 0.6) is 0 Å². The summed E-state index contributed by atoms with van der Waals surface area (Å²) in [6.07, 6.45) is 0. The summed E-state index contributed by atoms with van der Waals surface area (Å²) in [6, 6.07) is 0. The average Bonchev–Trinajstić information content (AvgIpc) is 1.00. The van der Waals surface area contributed by atoms with Crippen molar-refractivity contribution in [3.63, 3.8) is 0 Å². The molecule has 0 aromatic rings. The molecule has 0 aromatic carbocycles. The van der Waals surface area contributed by atoms with Crippen molar-refractivity contribution in [3.05, 3.63) is 0 Å². The van der Waals surface area contributed by atoms with Crippen molar-refractivity contribution in [2.24, 2.45) is 0 Å². The Kier molecular flexibility index (Phi) is 186. The molecule has 0 fully saturated rings. The first kappa shape index (κ1) is 20.1. The van der Waals surface area contributed by atoms with Gasteiger partial charge in [0.15, 0.2) is 0 Å². The van der Waals surface area contributed by atoms with Gasteiger partial charge in [0.25, 0.3) is 0 Å². The van der Waals surface area contributed by atoms with E-state index in [1.807, 2.05) is 0 Å². The Morgan fingerprint density at radius 3 is 1.00 bits per heavy atom. The molecule has 0 aliphatic rings. The molecule has 0 aliphatic carbocycles. The fourth-order valence-electron chi connectivity index (χ4n) is 0. The van der Waals surface area contributed by atoms with Crippen molar-refractivity contribution < 1.29 is 38.4 Å². The second-order valence-electron chi connectivity index (χ2n) is 0. The fourth-order valence-corrected chi connectivity index (χ4v) is 0. The van der Waals surface area contributed by atoms with Crippen molar-refractivity contribution in [2.75, 3.05) is 0 Å². The predicted molar refractivity (Wildman–Crippen MR) is 6.44 cm³/mol. The Balaban J connectivity index is -0.00000000500. The molecule has 0 saturated carbocycles. The molecule has 0 bridgehead atoms. The van der Waals surface area contributed by atoms with Crippen LogP contribution >= 0.6 is 0 Å². The van der Waals surface area contributed by atoms with Crippen molar-refractivity contribution in [3.8, 4) is 0 Å². The molecule has 0 saturated heterocycles. The maximum atomic E-state index is 8.06. The minimum Gasteiger partial charge on any atom is -1.00 e. The van der Waals surface area contributed by atoms with Gasteiger partial charge in [-0.1, -0.05) is 0 Å². The summed E-state index contributed by atoms with van der Waals surface area (Å²) in [7, 11) is 1.72. The summed E-state index contributed by atoms with van der Waals surface area (Å²) < 4.78 is 8.06. The summed E-state index contributed by atoms with van der Waals surface area (Å²) in [5, 5.41) is 0. The van der Waals surface area contributed by atoms with E-state index in [4.69, 9.17) is 4.46 Å². The van der Waals surface area contributed by atoms with Crippen LogP contribution in [0.3, 0.4) is 0 Å². The SMILES string of the molecule is O=[Si+2].[Br-].[Br-]. The predicted octanol–water partition coefficient (Wildman–Crippen LogP) is -6.49. The van der Waals surface area contributed by atoms with Gasteiger partial charge in [-0.05, 0) is 0 Å². The zero-order valence-electron chi connectivity index (χ0n) is 1.66. The largest absolute Gasteiger partial charge is 1.00 e. The molecule has 0 rings (SSSR count). The van der Waals surface area contributed by atoms with Gasteiger partial charge in [-0.3, -0.25) is 0 Å². The molecule has 4 heteroatoms. The van der Waals surface area contributed by atoms with Gasteiger partial charge in [0, 0.05) is 0 Å². The average molecular weight is 204 g/mol. The maximum Gasteiger partial charge on any atom is -1.00 e. The van der Waals surface area contributed by atoms with Gasteiger partial charge in [-0.2, -0.15) is 0 Å². The van der Waals surface area contributed by atoms with Crippen molar-refractivity contribution in [1.29, 1.82) is 0 Å². The molecular formula is Br2OSi. The van der Waals surface area contributed by atoms with E-state index in [2.05, 4.69) is 0 Å². The third kappa shape index (κ3) is 12.2. The molecule has 0 spiro atoms. The zero-order chi connectivity index (χ0) is 2.00. The minimum atomic E-state index is 0. The topological polar surface area (TPSA) is 17.1 Å². The first-order valence-electron chi connectivity index (χ1n) is 0.204. The van der Waals surface area contributed by atoms with Crippen LogP contribution in [0.2, 0.25) is 0 Å².